The molecule has 0 radical (unpaired) electrons. The Morgan fingerprint density at radius 2 is 2.28 bits per heavy atom. The molecule has 2 rings (SSSR count). The fraction of sp³-hybridized carbons (Fsp3) is 0.182. The third kappa shape index (κ3) is 2.93. The van der Waals surface area contributed by atoms with Gasteiger partial charge in [-0.05, 0) is 11.4 Å². The minimum absolute atomic E-state index is 0.227. The monoisotopic (exact) mass is 282 g/mol. The summed E-state index contributed by atoms with van der Waals surface area (Å²) in [4.78, 5) is 26.7. The summed E-state index contributed by atoms with van der Waals surface area (Å²) in [5, 5.41) is 8.66. The van der Waals surface area contributed by atoms with Crippen molar-refractivity contribution in [2.24, 2.45) is 0 Å². The second kappa shape index (κ2) is 5.74. The summed E-state index contributed by atoms with van der Waals surface area (Å²) in [7, 11) is 1.48. The zero-order valence-electron chi connectivity index (χ0n) is 9.50. The van der Waals surface area contributed by atoms with Crippen molar-refractivity contribution in [1.29, 1.82) is 0 Å². The average molecular weight is 282 g/mol. The molecule has 2 heterocycles. The van der Waals surface area contributed by atoms with Gasteiger partial charge in [-0.25, -0.2) is 9.78 Å². The Morgan fingerprint density at radius 1 is 1.44 bits per heavy atom. The Morgan fingerprint density at radius 3 is 2.94 bits per heavy atom. The summed E-state index contributed by atoms with van der Waals surface area (Å²) < 4.78 is 4.81. The molecule has 1 N–H and O–H groups in total. The second-order valence-corrected chi connectivity index (χ2v) is 4.94. The number of carbonyl (C=O) groups excluding carboxylic acids is 2. The van der Waals surface area contributed by atoms with E-state index in [1.807, 2.05) is 16.8 Å². The fourth-order valence-corrected chi connectivity index (χ4v) is 2.66. The minimum atomic E-state index is -0.587. The van der Waals surface area contributed by atoms with Crippen LogP contribution in [0.4, 0.5) is 0 Å². The van der Waals surface area contributed by atoms with Gasteiger partial charge in [0.15, 0.2) is 12.3 Å². The Bertz CT molecular complexity index is 548. The van der Waals surface area contributed by atoms with Crippen molar-refractivity contribution in [2.75, 3.05) is 13.7 Å². The molecule has 0 atom stereocenters. The van der Waals surface area contributed by atoms with E-state index < -0.39 is 5.97 Å². The molecule has 0 aromatic carbocycles. The maximum absolute atomic E-state index is 11.6. The first-order valence-electron chi connectivity index (χ1n) is 5.06. The van der Waals surface area contributed by atoms with E-state index in [4.69, 9.17) is 4.74 Å². The largest absolute Gasteiger partial charge is 0.451 e. The highest BCUT2D eigenvalue weighted by Crippen LogP contribution is 2.25. The fourth-order valence-electron chi connectivity index (χ4n) is 1.16. The maximum atomic E-state index is 11.6. The van der Waals surface area contributed by atoms with E-state index >= 15 is 0 Å². The molecule has 2 aromatic heterocycles. The van der Waals surface area contributed by atoms with E-state index in [2.05, 4.69) is 10.3 Å². The molecule has 2 aromatic rings. The van der Waals surface area contributed by atoms with Crippen LogP contribution in [-0.4, -0.2) is 30.5 Å². The summed E-state index contributed by atoms with van der Waals surface area (Å²) in [5.74, 6) is -0.937. The number of carbonyl (C=O) groups is 2. The summed E-state index contributed by atoms with van der Waals surface area (Å²) in [6.07, 6.45) is 0. The van der Waals surface area contributed by atoms with Crippen molar-refractivity contribution in [3.8, 4) is 10.6 Å². The smallest absolute Gasteiger partial charge is 0.358 e. The molecule has 7 heteroatoms. The van der Waals surface area contributed by atoms with Crippen molar-refractivity contribution in [2.45, 2.75) is 0 Å². The number of hydrogen-bond acceptors (Lipinski definition) is 6. The molecule has 0 aliphatic heterocycles. The first-order chi connectivity index (χ1) is 8.70. The van der Waals surface area contributed by atoms with Crippen molar-refractivity contribution < 1.29 is 14.3 Å². The average Bonchev–Trinajstić information content (AvgIpc) is 3.04. The van der Waals surface area contributed by atoms with E-state index in [0.29, 0.717) is 0 Å². The number of likely N-dealkylation sites (N-methyl/N-ethyl adjacent to an activating group) is 1. The molecule has 0 spiro atoms. The topological polar surface area (TPSA) is 68.3 Å². The van der Waals surface area contributed by atoms with Gasteiger partial charge in [-0.15, -0.1) is 11.3 Å². The van der Waals surface area contributed by atoms with Gasteiger partial charge in [0, 0.05) is 23.4 Å². The Balaban J connectivity index is 2.02. The number of thiophene rings is 1. The van der Waals surface area contributed by atoms with Gasteiger partial charge >= 0.3 is 5.97 Å². The number of aromatic nitrogens is 1. The summed E-state index contributed by atoms with van der Waals surface area (Å²) in [6.45, 7) is -0.291. The highest BCUT2D eigenvalue weighted by Gasteiger charge is 2.14. The Kier molecular flexibility index (Phi) is 4.06. The van der Waals surface area contributed by atoms with Crippen LogP contribution in [0.5, 0.6) is 0 Å². The second-order valence-electron chi connectivity index (χ2n) is 3.30. The predicted molar refractivity (Wildman–Crippen MR) is 69.8 cm³/mol. The summed E-state index contributed by atoms with van der Waals surface area (Å²) in [5.41, 5.74) is 1.21. The van der Waals surface area contributed by atoms with Gasteiger partial charge in [0.2, 0.25) is 0 Å². The number of thiazole rings is 1. The predicted octanol–water partition coefficient (Wildman–Crippen LogP) is 1.77. The third-order valence-electron chi connectivity index (χ3n) is 2.09. The number of esters is 1. The summed E-state index contributed by atoms with van der Waals surface area (Å²) in [6, 6.07) is 1.93. The van der Waals surface area contributed by atoms with Crippen molar-refractivity contribution >= 4 is 34.6 Å². The number of ether oxygens (including phenoxy) is 1. The molecule has 5 nitrogen and oxygen atoms in total. The third-order valence-corrected chi connectivity index (χ3v) is 3.67. The van der Waals surface area contributed by atoms with Gasteiger partial charge in [-0.3, -0.25) is 4.79 Å². The van der Waals surface area contributed by atoms with Gasteiger partial charge in [0.25, 0.3) is 5.91 Å². The molecule has 0 unspecified atom stereocenters. The van der Waals surface area contributed by atoms with Crippen LogP contribution in [-0.2, 0) is 9.53 Å². The molecule has 0 aliphatic carbocycles. The molecular weight excluding hydrogens is 272 g/mol. The quantitative estimate of drug-likeness (QED) is 0.868. The molecule has 18 heavy (non-hydrogen) atoms. The van der Waals surface area contributed by atoms with Crippen LogP contribution in [0.1, 0.15) is 10.5 Å². The lowest BCUT2D eigenvalue weighted by Crippen LogP contribution is -2.25. The van der Waals surface area contributed by atoms with Crippen LogP contribution in [0.15, 0.2) is 22.2 Å². The maximum Gasteiger partial charge on any atom is 0.358 e. The van der Waals surface area contributed by atoms with Gasteiger partial charge in [-0.1, -0.05) is 0 Å². The van der Waals surface area contributed by atoms with E-state index in [0.717, 1.165) is 10.6 Å². The zero-order valence-corrected chi connectivity index (χ0v) is 11.1. The van der Waals surface area contributed by atoms with Crippen LogP contribution < -0.4 is 5.32 Å². The molecular formula is C11H10N2O3S2. The standard InChI is InChI=1S/C11H10N2O3S2/c1-12-9(14)4-16-11(15)8-6-18-10(13-8)7-2-3-17-5-7/h2-3,5-6H,4H2,1H3,(H,12,14). The lowest BCUT2D eigenvalue weighted by atomic mass is 10.3. The SMILES string of the molecule is CNC(=O)COC(=O)c1csc(-c2ccsc2)n1. The molecule has 0 saturated heterocycles. The van der Waals surface area contributed by atoms with E-state index in [9.17, 15) is 9.59 Å². The van der Waals surface area contributed by atoms with Crippen molar-refractivity contribution in [1.82, 2.24) is 10.3 Å². The number of hydrogen-bond donors (Lipinski definition) is 1. The first kappa shape index (κ1) is 12.7. The first-order valence-corrected chi connectivity index (χ1v) is 6.88. The minimum Gasteiger partial charge on any atom is -0.451 e. The van der Waals surface area contributed by atoms with Crippen LogP contribution in [0.3, 0.4) is 0 Å². The Labute approximate surface area is 111 Å². The van der Waals surface area contributed by atoms with Gasteiger partial charge in [-0.2, -0.15) is 11.3 Å². The van der Waals surface area contributed by atoms with E-state index in [-0.39, 0.29) is 18.2 Å². The van der Waals surface area contributed by atoms with Gasteiger partial charge in [0.05, 0.1) is 0 Å². The van der Waals surface area contributed by atoms with Crippen LogP contribution >= 0.6 is 22.7 Å². The van der Waals surface area contributed by atoms with Gasteiger partial charge in [0.1, 0.15) is 5.01 Å². The number of nitrogens with zero attached hydrogens (tertiary/aromatic N) is 1. The van der Waals surface area contributed by atoms with Crippen molar-refractivity contribution in [3.05, 3.63) is 27.9 Å². The lowest BCUT2D eigenvalue weighted by Gasteiger charge is -2.00. The number of amides is 1. The highest BCUT2D eigenvalue weighted by atomic mass is 32.1. The van der Waals surface area contributed by atoms with E-state index in [1.54, 1.807) is 16.7 Å². The lowest BCUT2D eigenvalue weighted by molar-refractivity contribution is -0.123. The van der Waals surface area contributed by atoms with E-state index in [1.165, 1.54) is 18.4 Å². The Hall–Kier alpha value is -1.73. The molecule has 1 amide bonds. The molecule has 94 valence electrons. The van der Waals surface area contributed by atoms with Gasteiger partial charge < -0.3 is 10.1 Å². The molecule has 0 aliphatic rings. The van der Waals surface area contributed by atoms with Crippen LogP contribution in [0, 0.1) is 0 Å². The highest BCUT2D eigenvalue weighted by molar-refractivity contribution is 7.14. The number of rotatable bonds is 4. The van der Waals surface area contributed by atoms with Crippen molar-refractivity contribution in [3.63, 3.8) is 0 Å². The normalized spacial score (nSPS) is 10.1. The summed E-state index contributed by atoms with van der Waals surface area (Å²) >= 11 is 2.94. The zero-order chi connectivity index (χ0) is 13.0. The van der Waals surface area contributed by atoms with Crippen LogP contribution in [0.2, 0.25) is 0 Å². The molecule has 0 fully saturated rings. The number of nitrogens with one attached hydrogen (secondary N) is 1. The molecule has 0 saturated carbocycles. The van der Waals surface area contributed by atoms with Crippen LogP contribution in [0.25, 0.3) is 10.6 Å². The molecule has 0 bridgehead atoms.